The van der Waals surface area contributed by atoms with Crippen LogP contribution in [0.3, 0.4) is 0 Å². The number of nitrogens with zero attached hydrogens (tertiary/aromatic N) is 1. The molecule has 2 N–H and O–H groups in total. The van der Waals surface area contributed by atoms with Gasteiger partial charge >= 0.3 is 0 Å². The Balaban J connectivity index is 2.12. The highest BCUT2D eigenvalue weighted by Crippen LogP contribution is 2.26. The van der Waals surface area contributed by atoms with Crippen LogP contribution in [-0.4, -0.2) is 29.9 Å². The predicted octanol–water partition coefficient (Wildman–Crippen LogP) is 3.44. The summed E-state index contributed by atoms with van der Waals surface area (Å²) in [5.74, 6) is -0.0215. The fraction of sp³-hybridized carbons (Fsp3) is 0.500. The van der Waals surface area contributed by atoms with E-state index in [1.165, 1.54) is 0 Å². The molecule has 1 aromatic carbocycles. The molecule has 1 aromatic rings. The summed E-state index contributed by atoms with van der Waals surface area (Å²) in [6, 6.07) is 5.90. The van der Waals surface area contributed by atoms with Gasteiger partial charge in [-0.05, 0) is 43.9 Å². The van der Waals surface area contributed by atoms with E-state index in [1.807, 2.05) is 13.1 Å². The average molecular weight is 346 g/mol. The first kappa shape index (κ1) is 14.8. The molecule has 1 aliphatic carbocycles. The third kappa shape index (κ3) is 3.50. The van der Waals surface area contributed by atoms with E-state index in [-0.39, 0.29) is 18.0 Å². The fourth-order valence-electron chi connectivity index (χ4n) is 2.51. The lowest BCUT2D eigenvalue weighted by Gasteiger charge is -2.33. The second kappa shape index (κ2) is 6.25. The number of hydrogen-bond donors (Lipinski definition) is 1. The Morgan fingerprint density at radius 3 is 2.63 bits per heavy atom. The highest BCUT2D eigenvalue weighted by molar-refractivity contribution is 9.10. The fourth-order valence-corrected chi connectivity index (χ4v) is 3.07. The van der Waals surface area contributed by atoms with E-state index in [9.17, 15) is 4.79 Å². The molecular formula is C14H18BrClN2O. The molecule has 1 amide bonds. The van der Waals surface area contributed by atoms with Gasteiger partial charge in [0, 0.05) is 23.6 Å². The van der Waals surface area contributed by atoms with Crippen molar-refractivity contribution >= 4 is 33.4 Å². The first-order chi connectivity index (χ1) is 8.99. The lowest BCUT2D eigenvalue weighted by atomic mass is 9.90. The van der Waals surface area contributed by atoms with Crippen LogP contribution in [0.4, 0.5) is 0 Å². The summed E-state index contributed by atoms with van der Waals surface area (Å²) in [4.78, 5) is 14.3. The van der Waals surface area contributed by atoms with Crippen molar-refractivity contribution in [3.63, 3.8) is 0 Å². The highest BCUT2D eigenvalue weighted by atomic mass is 79.9. The van der Waals surface area contributed by atoms with Crippen molar-refractivity contribution in [2.45, 2.75) is 37.8 Å². The minimum absolute atomic E-state index is 0.0215. The zero-order valence-electron chi connectivity index (χ0n) is 10.9. The van der Waals surface area contributed by atoms with Crippen molar-refractivity contribution in [2.24, 2.45) is 5.73 Å². The summed E-state index contributed by atoms with van der Waals surface area (Å²) in [5.41, 5.74) is 6.45. The second-order valence-electron chi connectivity index (χ2n) is 5.11. The van der Waals surface area contributed by atoms with Crippen LogP contribution in [0, 0.1) is 0 Å². The Morgan fingerprint density at radius 2 is 2.00 bits per heavy atom. The van der Waals surface area contributed by atoms with Gasteiger partial charge in [-0.15, -0.1) is 0 Å². The topological polar surface area (TPSA) is 46.3 Å². The van der Waals surface area contributed by atoms with E-state index in [0.29, 0.717) is 10.6 Å². The maximum Gasteiger partial charge on any atom is 0.255 e. The number of nitrogens with two attached hydrogens (primary N) is 1. The summed E-state index contributed by atoms with van der Waals surface area (Å²) in [6.45, 7) is 0. The Morgan fingerprint density at radius 1 is 1.37 bits per heavy atom. The zero-order chi connectivity index (χ0) is 14.0. The molecule has 0 saturated heterocycles. The molecule has 1 aliphatic rings. The maximum absolute atomic E-state index is 12.5. The van der Waals surface area contributed by atoms with Gasteiger partial charge in [-0.1, -0.05) is 27.5 Å². The Labute approximate surface area is 127 Å². The SMILES string of the molecule is CN(C(=O)c1cc(Br)ccc1Cl)C1CCC(N)CC1. The summed E-state index contributed by atoms with van der Waals surface area (Å²) in [6.07, 6.45) is 3.90. The quantitative estimate of drug-likeness (QED) is 0.892. The number of carbonyl (C=O) groups excluding carboxylic acids is 1. The first-order valence-electron chi connectivity index (χ1n) is 6.47. The van der Waals surface area contributed by atoms with Gasteiger partial charge in [0.1, 0.15) is 0 Å². The average Bonchev–Trinajstić information content (AvgIpc) is 2.41. The van der Waals surface area contributed by atoms with Gasteiger partial charge in [0.15, 0.2) is 0 Å². The van der Waals surface area contributed by atoms with Crippen LogP contribution < -0.4 is 5.73 Å². The van der Waals surface area contributed by atoms with E-state index >= 15 is 0 Å². The van der Waals surface area contributed by atoms with Crippen LogP contribution in [0.25, 0.3) is 0 Å². The molecule has 104 valence electrons. The smallest absolute Gasteiger partial charge is 0.255 e. The number of hydrogen-bond acceptors (Lipinski definition) is 2. The van der Waals surface area contributed by atoms with Crippen LogP contribution in [0.2, 0.25) is 5.02 Å². The second-order valence-corrected chi connectivity index (χ2v) is 6.43. The van der Waals surface area contributed by atoms with E-state index in [1.54, 1.807) is 17.0 Å². The van der Waals surface area contributed by atoms with Crippen LogP contribution >= 0.6 is 27.5 Å². The van der Waals surface area contributed by atoms with Gasteiger partial charge in [0.25, 0.3) is 5.91 Å². The van der Waals surface area contributed by atoms with Crippen LogP contribution in [0.1, 0.15) is 36.0 Å². The number of halogens is 2. The molecule has 0 unspecified atom stereocenters. The molecule has 3 nitrogen and oxygen atoms in total. The monoisotopic (exact) mass is 344 g/mol. The lowest BCUT2D eigenvalue weighted by Crippen LogP contribution is -2.41. The van der Waals surface area contributed by atoms with Gasteiger partial charge in [-0.2, -0.15) is 0 Å². The van der Waals surface area contributed by atoms with Crippen molar-refractivity contribution in [2.75, 3.05) is 7.05 Å². The highest BCUT2D eigenvalue weighted by Gasteiger charge is 2.26. The van der Waals surface area contributed by atoms with E-state index in [4.69, 9.17) is 17.3 Å². The standard InChI is InChI=1S/C14H18BrClN2O/c1-18(11-5-3-10(17)4-6-11)14(19)12-8-9(15)2-7-13(12)16/h2,7-8,10-11H,3-6,17H2,1H3. The molecule has 0 atom stereocenters. The van der Waals surface area contributed by atoms with Gasteiger partial charge in [0.2, 0.25) is 0 Å². The van der Waals surface area contributed by atoms with Crippen LogP contribution in [-0.2, 0) is 0 Å². The zero-order valence-corrected chi connectivity index (χ0v) is 13.2. The van der Waals surface area contributed by atoms with Crippen LogP contribution in [0.15, 0.2) is 22.7 Å². The lowest BCUT2D eigenvalue weighted by molar-refractivity contribution is 0.0690. The van der Waals surface area contributed by atoms with Crippen molar-refractivity contribution in [1.82, 2.24) is 4.90 Å². The molecule has 19 heavy (non-hydrogen) atoms. The van der Waals surface area contributed by atoms with E-state index < -0.39 is 0 Å². The van der Waals surface area contributed by atoms with Crippen molar-refractivity contribution in [3.05, 3.63) is 33.3 Å². The predicted molar refractivity (Wildman–Crippen MR) is 81.5 cm³/mol. The molecular weight excluding hydrogens is 328 g/mol. The molecule has 5 heteroatoms. The summed E-state index contributed by atoms with van der Waals surface area (Å²) < 4.78 is 0.860. The summed E-state index contributed by atoms with van der Waals surface area (Å²) >= 11 is 9.48. The molecule has 0 radical (unpaired) electrons. The number of benzene rings is 1. The third-order valence-electron chi connectivity index (χ3n) is 3.77. The maximum atomic E-state index is 12.5. The molecule has 0 aromatic heterocycles. The van der Waals surface area contributed by atoms with E-state index in [2.05, 4.69) is 15.9 Å². The molecule has 0 spiro atoms. The molecule has 1 fully saturated rings. The van der Waals surface area contributed by atoms with Crippen molar-refractivity contribution in [3.8, 4) is 0 Å². The Bertz CT molecular complexity index is 473. The molecule has 0 bridgehead atoms. The van der Waals surface area contributed by atoms with E-state index in [0.717, 1.165) is 30.2 Å². The number of amides is 1. The normalized spacial score (nSPS) is 23.2. The number of rotatable bonds is 2. The first-order valence-corrected chi connectivity index (χ1v) is 7.64. The largest absolute Gasteiger partial charge is 0.339 e. The Hall–Kier alpha value is -0.580. The minimum Gasteiger partial charge on any atom is -0.339 e. The van der Waals surface area contributed by atoms with Gasteiger partial charge in [0.05, 0.1) is 10.6 Å². The van der Waals surface area contributed by atoms with Crippen LogP contribution in [0.5, 0.6) is 0 Å². The molecule has 2 rings (SSSR count). The van der Waals surface area contributed by atoms with Gasteiger partial charge < -0.3 is 10.6 Å². The molecule has 0 aliphatic heterocycles. The molecule has 0 heterocycles. The summed E-state index contributed by atoms with van der Waals surface area (Å²) in [5, 5.41) is 0.493. The van der Waals surface area contributed by atoms with Gasteiger partial charge in [-0.3, -0.25) is 4.79 Å². The molecule has 1 saturated carbocycles. The summed E-state index contributed by atoms with van der Waals surface area (Å²) in [7, 11) is 1.85. The van der Waals surface area contributed by atoms with Gasteiger partial charge in [-0.25, -0.2) is 0 Å². The number of carbonyl (C=O) groups is 1. The van der Waals surface area contributed by atoms with Crippen molar-refractivity contribution < 1.29 is 4.79 Å². The van der Waals surface area contributed by atoms with Crippen molar-refractivity contribution in [1.29, 1.82) is 0 Å². The third-order valence-corrected chi connectivity index (χ3v) is 4.59. The Kier molecular flexibility index (Phi) is 4.87. The minimum atomic E-state index is -0.0215.